The molecule has 1 saturated heterocycles. The van der Waals surface area contributed by atoms with Crippen molar-refractivity contribution in [3.05, 3.63) is 35.5 Å². The van der Waals surface area contributed by atoms with E-state index in [1.165, 1.54) is 25.9 Å². The monoisotopic (exact) mass is 230 g/mol. The van der Waals surface area contributed by atoms with Crippen LogP contribution in [0.5, 0.6) is 0 Å². The summed E-state index contributed by atoms with van der Waals surface area (Å²) in [5, 5.41) is 3.45. The summed E-state index contributed by atoms with van der Waals surface area (Å²) in [4.78, 5) is 2.68. The standard InChI is InChI=1S/C15H22N2/c1-2-4-6-14-13(5-3-1)7-8-15(14)17-11-9-16-10-12-17/h1-2,5-6,15-16H,3-4,7-12H2/b2-1-,13-5?,14-6+. The van der Waals surface area contributed by atoms with Crippen LogP contribution in [0.4, 0.5) is 0 Å². The zero-order chi connectivity index (χ0) is 11.5. The first-order valence-corrected chi connectivity index (χ1v) is 6.94. The Morgan fingerprint density at radius 1 is 1.06 bits per heavy atom. The molecule has 1 atom stereocenters. The summed E-state index contributed by atoms with van der Waals surface area (Å²) in [6.45, 7) is 4.74. The SMILES string of the molecule is C1=C2CCC(N3CCNCC3)/C2=C/C/C=C\C1. The molecule has 2 heteroatoms. The third kappa shape index (κ3) is 2.38. The molecule has 0 aromatic heterocycles. The number of hydrogen-bond donors (Lipinski definition) is 1. The predicted octanol–water partition coefficient (Wildman–Crippen LogP) is 2.26. The highest BCUT2D eigenvalue weighted by atomic mass is 15.2. The molecule has 0 aromatic carbocycles. The summed E-state index contributed by atoms with van der Waals surface area (Å²) in [5.41, 5.74) is 3.26. The highest BCUT2D eigenvalue weighted by Gasteiger charge is 2.30. The third-order valence-electron chi connectivity index (χ3n) is 4.15. The van der Waals surface area contributed by atoms with Gasteiger partial charge in [-0.3, -0.25) is 4.90 Å². The molecule has 0 aromatic rings. The van der Waals surface area contributed by atoms with E-state index in [1.807, 2.05) is 0 Å². The zero-order valence-corrected chi connectivity index (χ0v) is 10.5. The van der Waals surface area contributed by atoms with E-state index in [1.54, 1.807) is 11.1 Å². The Bertz CT molecular complexity index is 359. The Kier molecular flexibility index (Phi) is 3.44. The first-order chi connectivity index (χ1) is 8.45. The van der Waals surface area contributed by atoms with Crippen LogP contribution in [0.15, 0.2) is 35.5 Å². The molecule has 17 heavy (non-hydrogen) atoms. The molecular weight excluding hydrogens is 208 g/mol. The fourth-order valence-electron chi connectivity index (χ4n) is 3.26. The first kappa shape index (κ1) is 11.2. The normalized spacial score (nSPS) is 35.2. The smallest absolute Gasteiger partial charge is 0.0351 e. The van der Waals surface area contributed by atoms with Crippen molar-refractivity contribution < 1.29 is 0 Å². The molecule has 1 N–H and O–H groups in total. The van der Waals surface area contributed by atoms with Crippen LogP contribution >= 0.6 is 0 Å². The van der Waals surface area contributed by atoms with Crippen LogP contribution in [-0.4, -0.2) is 37.1 Å². The van der Waals surface area contributed by atoms with Crippen LogP contribution in [0.2, 0.25) is 0 Å². The van der Waals surface area contributed by atoms with Crippen molar-refractivity contribution in [2.24, 2.45) is 0 Å². The minimum Gasteiger partial charge on any atom is -0.314 e. The van der Waals surface area contributed by atoms with Gasteiger partial charge in [-0.25, -0.2) is 0 Å². The van der Waals surface area contributed by atoms with Crippen LogP contribution in [-0.2, 0) is 0 Å². The second-order valence-electron chi connectivity index (χ2n) is 5.17. The number of hydrogen-bond acceptors (Lipinski definition) is 2. The summed E-state index contributed by atoms with van der Waals surface area (Å²) < 4.78 is 0. The molecule has 3 rings (SSSR count). The Morgan fingerprint density at radius 3 is 2.65 bits per heavy atom. The number of allylic oxidation sites excluding steroid dienone is 4. The highest BCUT2D eigenvalue weighted by molar-refractivity contribution is 5.41. The second-order valence-corrected chi connectivity index (χ2v) is 5.17. The predicted molar refractivity (Wildman–Crippen MR) is 72.0 cm³/mol. The molecule has 2 fully saturated rings. The molecular formula is C15H22N2. The van der Waals surface area contributed by atoms with Crippen molar-refractivity contribution >= 4 is 0 Å². The van der Waals surface area contributed by atoms with Gasteiger partial charge in [0.1, 0.15) is 0 Å². The highest BCUT2D eigenvalue weighted by Crippen LogP contribution is 2.35. The maximum Gasteiger partial charge on any atom is 0.0351 e. The molecule has 3 aliphatic rings. The Labute approximate surface area is 104 Å². The van der Waals surface area contributed by atoms with Crippen molar-refractivity contribution in [1.29, 1.82) is 0 Å². The lowest BCUT2D eigenvalue weighted by Gasteiger charge is -2.33. The lowest BCUT2D eigenvalue weighted by atomic mass is 10.0. The van der Waals surface area contributed by atoms with Crippen molar-refractivity contribution in [3.63, 3.8) is 0 Å². The van der Waals surface area contributed by atoms with E-state index >= 15 is 0 Å². The molecule has 1 unspecified atom stereocenters. The van der Waals surface area contributed by atoms with Gasteiger partial charge in [-0.2, -0.15) is 0 Å². The average Bonchev–Trinajstić information content (AvgIpc) is 2.72. The molecule has 1 saturated carbocycles. The van der Waals surface area contributed by atoms with Gasteiger partial charge in [-0.05, 0) is 36.8 Å². The number of nitrogens with one attached hydrogen (secondary N) is 1. The summed E-state index contributed by atoms with van der Waals surface area (Å²) in [6.07, 6.45) is 14.3. The molecule has 2 nitrogen and oxygen atoms in total. The second kappa shape index (κ2) is 5.19. The van der Waals surface area contributed by atoms with E-state index in [0.717, 1.165) is 25.9 Å². The van der Waals surface area contributed by atoms with Crippen molar-refractivity contribution in [2.75, 3.05) is 26.2 Å². The van der Waals surface area contributed by atoms with Crippen molar-refractivity contribution in [3.8, 4) is 0 Å². The van der Waals surface area contributed by atoms with E-state index in [0.29, 0.717) is 6.04 Å². The molecule has 1 aliphatic heterocycles. The Balaban J connectivity index is 1.79. The lowest BCUT2D eigenvalue weighted by molar-refractivity contribution is 0.197. The van der Waals surface area contributed by atoms with Gasteiger partial charge < -0.3 is 5.32 Å². The Hall–Kier alpha value is -0.860. The average molecular weight is 230 g/mol. The van der Waals surface area contributed by atoms with Gasteiger partial charge >= 0.3 is 0 Å². The summed E-state index contributed by atoms with van der Waals surface area (Å²) in [7, 11) is 0. The lowest BCUT2D eigenvalue weighted by Crippen LogP contribution is -2.48. The van der Waals surface area contributed by atoms with E-state index in [-0.39, 0.29) is 0 Å². The molecule has 92 valence electrons. The van der Waals surface area contributed by atoms with Crippen molar-refractivity contribution in [2.45, 2.75) is 31.7 Å². The van der Waals surface area contributed by atoms with Gasteiger partial charge in [0.15, 0.2) is 0 Å². The van der Waals surface area contributed by atoms with E-state index in [4.69, 9.17) is 0 Å². The van der Waals surface area contributed by atoms with E-state index in [2.05, 4.69) is 34.5 Å². The molecule has 0 spiro atoms. The first-order valence-electron chi connectivity index (χ1n) is 6.94. The third-order valence-corrected chi connectivity index (χ3v) is 4.15. The van der Waals surface area contributed by atoms with E-state index < -0.39 is 0 Å². The van der Waals surface area contributed by atoms with Gasteiger partial charge in [0.2, 0.25) is 0 Å². The minimum absolute atomic E-state index is 0.704. The van der Waals surface area contributed by atoms with Gasteiger partial charge in [-0.1, -0.05) is 24.3 Å². The molecule has 0 bridgehead atoms. The topological polar surface area (TPSA) is 15.3 Å². The molecule has 1 heterocycles. The van der Waals surface area contributed by atoms with Crippen LogP contribution in [0.25, 0.3) is 0 Å². The number of piperazine rings is 1. The van der Waals surface area contributed by atoms with E-state index in [9.17, 15) is 0 Å². The van der Waals surface area contributed by atoms with Gasteiger partial charge in [0, 0.05) is 32.2 Å². The van der Waals surface area contributed by atoms with Crippen LogP contribution in [0, 0.1) is 0 Å². The number of nitrogens with zero attached hydrogens (tertiary/aromatic N) is 1. The quantitative estimate of drug-likeness (QED) is 0.695. The maximum atomic E-state index is 3.45. The largest absolute Gasteiger partial charge is 0.314 e. The summed E-state index contributed by atoms with van der Waals surface area (Å²) in [6, 6.07) is 0.704. The van der Waals surface area contributed by atoms with Crippen LogP contribution in [0.1, 0.15) is 25.7 Å². The summed E-state index contributed by atoms with van der Waals surface area (Å²) in [5.74, 6) is 0. The molecule has 2 aliphatic carbocycles. The van der Waals surface area contributed by atoms with Gasteiger partial charge in [-0.15, -0.1) is 0 Å². The van der Waals surface area contributed by atoms with Gasteiger partial charge in [0.25, 0.3) is 0 Å². The van der Waals surface area contributed by atoms with Crippen LogP contribution < -0.4 is 5.32 Å². The summed E-state index contributed by atoms with van der Waals surface area (Å²) >= 11 is 0. The fourth-order valence-corrected chi connectivity index (χ4v) is 3.26. The maximum absolute atomic E-state index is 3.45. The number of rotatable bonds is 1. The number of fused-ring (bicyclic) bond motifs is 1. The zero-order valence-electron chi connectivity index (χ0n) is 10.5. The van der Waals surface area contributed by atoms with Crippen LogP contribution in [0.3, 0.4) is 0 Å². The van der Waals surface area contributed by atoms with Crippen molar-refractivity contribution in [1.82, 2.24) is 10.2 Å². The fraction of sp³-hybridized carbons (Fsp3) is 0.600. The Morgan fingerprint density at radius 2 is 1.82 bits per heavy atom. The van der Waals surface area contributed by atoms with Gasteiger partial charge in [0.05, 0.1) is 0 Å². The minimum atomic E-state index is 0.704. The molecule has 0 radical (unpaired) electrons. The molecule has 0 amide bonds.